The molecule has 2 aromatic carbocycles. The zero-order valence-electron chi connectivity index (χ0n) is 21.1. The van der Waals surface area contributed by atoms with E-state index in [0.717, 1.165) is 0 Å². The molecule has 2 aromatic rings. The molecule has 12 heteroatoms. The molecule has 5 rings (SSSR count). The summed E-state index contributed by atoms with van der Waals surface area (Å²) in [6.07, 6.45) is -4.54. The fourth-order valence-corrected chi connectivity index (χ4v) is 6.00. The van der Waals surface area contributed by atoms with Gasteiger partial charge in [-0.15, -0.1) is 0 Å². The van der Waals surface area contributed by atoms with Gasteiger partial charge in [-0.25, -0.2) is 0 Å². The van der Waals surface area contributed by atoms with Crippen molar-refractivity contribution in [2.75, 3.05) is 4.61 Å². The van der Waals surface area contributed by atoms with Crippen LogP contribution in [0.5, 0.6) is 17.2 Å². The van der Waals surface area contributed by atoms with E-state index in [-0.39, 0.29) is 45.5 Å². The highest BCUT2D eigenvalue weighted by Crippen LogP contribution is 2.52. The molecule has 0 aromatic heterocycles. The number of hydrogen-bond acceptors (Lipinski definition) is 11. The molecule has 0 spiro atoms. The number of benzene rings is 2. The van der Waals surface area contributed by atoms with Gasteiger partial charge in [0.1, 0.15) is 27.5 Å². The standard InChI is InChI=1S/C27H28INO10/c1-10-22(31)14(29)6-17(38-10)39-16-8-27(36,11(2)30)7-13-19(16)26(35)21-20(24(13)33)23(32)12-4-3-5-15(37-9-28)18(12)25(21)34/h3-5,10,14,16-17,22,31,33,35-36H,6-9,29H2,1-2H3/t10?,14?,16-,17?,22?,27-/m0/s1. The maximum atomic E-state index is 13.7. The molecule has 0 amide bonds. The number of halogens is 1. The van der Waals surface area contributed by atoms with Crippen molar-refractivity contribution in [3.63, 3.8) is 0 Å². The van der Waals surface area contributed by atoms with E-state index in [1.54, 1.807) is 6.92 Å². The Bertz CT molecular complexity index is 1380. The second-order valence-electron chi connectivity index (χ2n) is 10.2. The Morgan fingerprint density at radius 1 is 1.18 bits per heavy atom. The average molecular weight is 653 g/mol. The van der Waals surface area contributed by atoms with Crippen molar-refractivity contribution in [1.82, 2.24) is 0 Å². The van der Waals surface area contributed by atoms with Crippen molar-refractivity contribution in [2.45, 2.75) is 69.4 Å². The van der Waals surface area contributed by atoms with E-state index >= 15 is 0 Å². The van der Waals surface area contributed by atoms with Crippen LogP contribution in [-0.2, 0) is 20.7 Å². The van der Waals surface area contributed by atoms with Gasteiger partial charge in [0, 0.05) is 42.0 Å². The lowest BCUT2D eigenvalue weighted by Crippen LogP contribution is -2.52. The molecule has 11 nitrogen and oxygen atoms in total. The number of aliphatic hydroxyl groups is 2. The van der Waals surface area contributed by atoms with Crippen LogP contribution in [0.4, 0.5) is 0 Å². The van der Waals surface area contributed by atoms with Gasteiger partial charge in [-0.05, 0) is 42.5 Å². The number of phenols is 2. The molecule has 0 saturated carbocycles. The van der Waals surface area contributed by atoms with Crippen LogP contribution >= 0.6 is 22.6 Å². The smallest absolute Gasteiger partial charge is 0.202 e. The second-order valence-corrected chi connectivity index (χ2v) is 10.8. The Morgan fingerprint density at radius 3 is 2.51 bits per heavy atom. The molecule has 4 unspecified atom stereocenters. The average Bonchev–Trinajstić information content (AvgIpc) is 2.87. The number of Topliss-reactive ketones (excluding diaryl/α,β-unsaturated/α-hetero) is 1. The summed E-state index contributed by atoms with van der Waals surface area (Å²) in [5.74, 6) is -3.13. The monoisotopic (exact) mass is 653 g/mol. The van der Waals surface area contributed by atoms with Crippen molar-refractivity contribution in [1.29, 1.82) is 0 Å². The number of carbonyl (C=O) groups is 3. The van der Waals surface area contributed by atoms with Crippen LogP contribution in [0, 0.1) is 0 Å². The summed E-state index contributed by atoms with van der Waals surface area (Å²) >= 11 is 1.95. The van der Waals surface area contributed by atoms with Gasteiger partial charge in [0.05, 0.1) is 35.0 Å². The molecule has 0 radical (unpaired) electrons. The van der Waals surface area contributed by atoms with Crippen molar-refractivity contribution in [3.8, 4) is 17.2 Å². The van der Waals surface area contributed by atoms with Gasteiger partial charge >= 0.3 is 0 Å². The lowest BCUT2D eigenvalue weighted by molar-refractivity contribution is -0.247. The molecule has 2 aliphatic carbocycles. The number of fused-ring (bicyclic) bond motifs is 3. The van der Waals surface area contributed by atoms with Crippen molar-refractivity contribution in [2.24, 2.45) is 5.73 Å². The molecule has 0 bridgehead atoms. The summed E-state index contributed by atoms with van der Waals surface area (Å²) in [6, 6.07) is 3.80. The van der Waals surface area contributed by atoms with Gasteiger partial charge in [0.15, 0.2) is 17.9 Å². The third-order valence-corrected chi connectivity index (χ3v) is 8.10. The molecule has 3 aliphatic rings. The zero-order valence-corrected chi connectivity index (χ0v) is 23.3. The number of ether oxygens (including phenoxy) is 3. The summed E-state index contributed by atoms with van der Waals surface area (Å²) in [4.78, 5) is 39.8. The maximum absolute atomic E-state index is 13.7. The SMILES string of the molecule is CC(=O)[C@]1(O)Cc2c(O)c3c(c(O)c2[C@@H](OC2CC(N)C(O)C(C)O2)C1)C(=O)c1c(OCI)cccc1C3=O. The maximum Gasteiger partial charge on any atom is 0.202 e. The highest BCUT2D eigenvalue weighted by molar-refractivity contribution is 14.1. The first-order chi connectivity index (χ1) is 18.4. The molecule has 6 N–H and O–H groups in total. The van der Waals surface area contributed by atoms with Crippen molar-refractivity contribution in [3.05, 3.63) is 51.6 Å². The predicted octanol–water partition coefficient (Wildman–Crippen LogP) is 1.79. The number of rotatable bonds is 5. The van der Waals surface area contributed by atoms with E-state index < -0.39 is 82.6 Å². The van der Waals surface area contributed by atoms with Gasteiger partial charge in [0.2, 0.25) is 5.78 Å². The number of aliphatic hydroxyl groups excluding tert-OH is 1. The summed E-state index contributed by atoms with van der Waals surface area (Å²) in [5.41, 5.74) is 3.01. The van der Waals surface area contributed by atoms with Crippen LogP contribution < -0.4 is 10.5 Å². The van der Waals surface area contributed by atoms with Crippen LogP contribution in [-0.4, -0.2) is 72.5 Å². The number of carbonyl (C=O) groups excluding carboxylic acids is 3. The molecular formula is C27H28INO10. The van der Waals surface area contributed by atoms with Gasteiger partial charge in [-0.2, -0.15) is 0 Å². The largest absolute Gasteiger partial charge is 0.507 e. The Kier molecular flexibility index (Phi) is 7.23. The number of alkyl halides is 1. The van der Waals surface area contributed by atoms with Gasteiger partial charge in [0.25, 0.3) is 0 Å². The van der Waals surface area contributed by atoms with E-state index in [2.05, 4.69) is 0 Å². The minimum atomic E-state index is -2.00. The Labute approximate surface area is 237 Å². The Hall–Kier alpha value is -2.62. The first-order valence-corrected chi connectivity index (χ1v) is 13.9. The number of ketones is 3. The van der Waals surface area contributed by atoms with E-state index in [4.69, 9.17) is 19.9 Å². The first kappa shape index (κ1) is 27.9. The second kappa shape index (κ2) is 10.1. The number of nitrogens with two attached hydrogens (primary N) is 1. The van der Waals surface area contributed by atoms with Crippen LogP contribution in [0.2, 0.25) is 0 Å². The number of aromatic hydroxyl groups is 2. The van der Waals surface area contributed by atoms with Crippen molar-refractivity contribution >= 4 is 39.9 Å². The molecule has 6 atom stereocenters. The highest BCUT2D eigenvalue weighted by Gasteiger charge is 2.49. The fraction of sp³-hybridized carbons (Fsp3) is 0.444. The molecule has 1 saturated heterocycles. The van der Waals surface area contributed by atoms with Crippen LogP contribution in [0.1, 0.15) is 75.8 Å². The molecule has 1 fully saturated rings. The zero-order chi connectivity index (χ0) is 28.4. The minimum absolute atomic E-state index is 0.00734. The molecule has 39 heavy (non-hydrogen) atoms. The molecule has 208 valence electrons. The van der Waals surface area contributed by atoms with Crippen LogP contribution in [0.25, 0.3) is 0 Å². The highest BCUT2D eigenvalue weighted by atomic mass is 127. The topological polar surface area (TPSA) is 186 Å². The number of phenolic OH excluding ortho intramolecular Hbond substituents is 2. The quantitative estimate of drug-likeness (QED) is 0.154. The van der Waals surface area contributed by atoms with Crippen molar-refractivity contribution < 1.29 is 49.0 Å². The summed E-state index contributed by atoms with van der Waals surface area (Å²) in [7, 11) is 0. The molecule has 1 aliphatic heterocycles. The van der Waals surface area contributed by atoms with Crippen LogP contribution in [0.15, 0.2) is 18.2 Å². The molecule has 1 heterocycles. The minimum Gasteiger partial charge on any atom is -0.507 e. The predicted molar refractivity (Wildman–Crippen MR) is 143 cm³/mol. The fourth-order valence-electron chi connectivity index (χ4n) is 5.67. The third kappa shape index (κ3) is 4.43. The van der Waals surface area contributed by atoms with Gasteiger partial charge in [-0.1, -0.05) is 12.1 Å². The van der Waals surface area contributed by atoms with E-state index in [1.807, 2.05) is 22.6 Å². The third-order valence-electron chi connectivity index (χ3n) is 7.79. The normalized spacial score (nSPS) is 29.8. The summed E-state index contributed by atoms with van der Waals surface area (Å²) in [6.45, 7) is 2.79. The summed E-state index contributed by atoms with van der Waals surface area (Å²) < 4.78 is 17.6. The van der Waals surface area contributed by atoms with E-state index in [0.29, 0.717) is 0 Å². The Balaban J connectivity index is 1.68. The first-order valence-electron chi connectivity index (χ1n) is 12.4. The van der Waals surface area contributed by atoms with Gasteiger partial charge < -0.3 is 40.4 Å². The molecular weight excluding hydrogens is 625 g/mol. The van der Waals surface area contributed by atoms with E-state index in [9.17, 15) is 34.8 Å². The van der Waals surface area contributed by atoms with Gasteiger partial charge in [-0.3, -0.25) is 14.4 Å². The van der Waals surface area contributed by atoms with E-state index in [1.165, 1.54) is 25.1 Å². The van der Waals surface area contributed by atoms with Crippen LogP contribution in [0.3, 0.4) is 0 Å². The lowest BCUT2D eigenvalue weighted by atomic mass is 9.72. The summed E-state index contributed by atoms with van der Waals surface area (Å²) in [5, 5.41) is 44.3. The lowest BCUT2D eigenvalue weighted by Gasteiger charge is -2.42. The number of hydrogen-bond donors (Lipinski definition) is 5. The Morgan fingerprint density at radius 2 is 1.87 bits per heavy atom.